The lowest BCUT2D eigenvalue weighted by Crippen LogP contribution is -2.28. The van der Waals surface area contributed by atoms with Gasteiger partial charge in [0.2, 0.25) is 0 Å². The Morgan fingerprint density at radius 3 is 0.970 bits per heavy atom. The fourth-order valence-corrected chi connectivity index (χ4v) is 7.28. The Hall–Kier alpha value is -3.70. The van der Waals surface area contributed by atoms with Crippen LogP contribution in [0, 0.1) is 0 Å². The highest BCUT2D eigenvalue weighted by atomic mass is 16.6. The zero-order valence-electron chi connectivity index (χ0n) is 42.7. The van der Waals surface area contributed by atoms with Crippen LogP contribution in [0.5, 0.6) is 0 Å². The molecule has 0 saturated heterocycles. The van der Waals surface area contributed by atoms with E-state index in [1.807, 2.05) is 12.2 Å². The quantitative estimate of drug-likeness (QED) is 0.0374. The number of rotatable bonds is 48. The standard InChI is InChI=1S/C61H100O5/c1-3-5-7-9-11-13-15-17-19-21-23-24-25-26-27-28-29-30-31-32-33-34-35-36-38-39-41-43-45-47-49-51-53-55-60(63)65-58-59(57-62)66-61(64)56-54-52-50-48-46-44-42-40-37-22-20-18-16-14-12-10-8-6-4-2/h5-8,11-14,17-20,23-24,37,40,44,46,50,52,59,62H,3-4,9-10,15-16,21-22,25-36,38-39,41-43,45,47-49,51,53-58H2,1-2H3/b7-5-,8-6-,13-11-,14-12-,19-17-,20-18-,24-23-,40-37-,46-44-,52-50-. The van der Waals surface area contributed by atoms with Crippen molar-refractivity contribution in [3.8, 4) is 0 Å². The monoisotopic (exact) mass is 913 g/mol. The minimum Gasteiger partial charge on any atom is -0.462 e. The fraction of sp³-hybridized carbons (Fsp3) is 0.639. The van der Waals surface area contributed by atoms with Crippen molar-refractivity contribution in [2.75, 3.05) is 13.2 Å². The van der Waals surface area contributed by atoms with Gasteiger partial charge in [-0.25, -0.2) is 0 Å². The summed E-state index contributed by atoms with van der Waals surface area (Å²) in [5, 5.41) is 9.62. The molecule has 0 aliphatic rings. The Balaban J connectivity index is 3.54. The normalized spacial score (nSPS) is 13.2. The zero-order valence-corrected chi connectivity index (χ0v) is 42.7. The van der Waals surface area contributed by atoms with E-state index in [1.165, 1.54) is 116 Å². The average molecular weight is 913 g/mol. The highest BCUT2D eigenvalue weighted by Gasteiger charge is 2.15. The van der Waals surface area contributed by atoms with E-state index in [-0.39, 0.29) is 25.6 Å². The van der Waals surface area contributed by atoms with Crippen molar-refractivity contribution in [2.45, 2.75) is 238 Å². The number of aliphatic hydroxyl groups excluding tert-OH is 1. The second-order valence-corrected chi connectivity index (χ2v) is 17.5. The summed E-state index contributed by atoms with van der Waals surface area (Å²) in [5.41, 5.74) is 0. The number of allylic oxidation sites excluding steroid dienone is 20. The predicted octanol–water partition coefficient (Wildman–Crippen LogP) is 18.3. The lowest BCUT2D eigenvalue weighted by Gasteiger charge is -2.15. The molecule has 0 spiro atoms. The van der Waals surface area contributed by atoms with Crippen molar-refractivity contribution in [3.05, 3.63) is 122 Å². The molecule has 0 aliphatic carbocycles. The maximum Gasteiger partial charge on any atom is 0.306 e. The van der Waals surface area contributed by atoms with E-state index in [9.17, 15) is 14.7 Å². The molecule has 1 unspecified atom stereocenters. The maximum absolute atomic E-state index is 12.2. The molecule has 0 saturated carbocycles. The number of aliphatic hydroxyl groups is 1. The van der Waals surface area contributed by atoms with Crippen LogP contribution in [0.1, 0.15) is 232 Å². The van der Waals surface area contributed by atoms with Gasteiger partial charge in [0.25, 0.3) is 0 Å². The largest absolute Gasteiger partial charge is 0.462 e. The molecule has 0 radical (unpaired) electrons. The Kier molecular flexibility index (Phi) is 52.5. The Labute approximate surface area is 407 Å². The van der Waals surface area contributed by atoms with Crippen LogP contribution >= 0.6 is 0 Å². The van der Waals surface area contributed by atoms with Gasteiger partial charge in [0, 0.05) is 12.8 Å². The molecule has 0 rings (SSSR count). The van der Waals surface area contributed by atoms with E-state index in [0.29, 0.717) is 12.8 Å². The van der Waals surface area contributed by atoms with Crippen LogP contribution in [0.4, 0.5) is 0 Å². The molecule has 374 valence electrons. The molecule has 0 aliphatic heterocycles. The van der Waals surface area contributed by atoms with Gasteiger partial charge in [-0.1, -0.05) is 251 Å². The first-order chi connectivity index (χ1) is 32.6. The Morgan fingerprint density at radius 2 is 0.636 bits per heavy atom. The third-order valence-corrected chi connectivity index (χ3v) is 11.3. The fourth-order valence-electron chi connectivity index (χ4n) is 7.28. The molecule has 0 aromatic rings. The number of carbonyl (C=O) groups is 2. The molecular weight excluding hydrogens is 813 g/mol. The SMILES string of the molecule is CC/C=C\C/C=C\C/C=C\C/C=C\C/C=C\C/C=C\CCC(=O)OC(CO)COC(=O)CCCCCCCCCCCCCCCCCCCCCC/C=C\C/C=C\C/C=C\C/C=C\CC. The second-order valence-electron chi connectivity index (χ2n) is 17.5. The van der Waals surface area contributed by atoms with Crippen LogP contribution in [0.3, 0.4) is 0 Å². The van der Waals surface area contributed by atoms with Gasteiger partial charge in [-0.3, -0.25) is 9.59 Å². The van der Waals surface area contributed by atoms with E-state index in [0.717, 1.165) is 83.5 Å². The highest BCUT2D eigenvalue weighted by molar-refractivity contribution is 5.70. The molecule has 66 heavy (non-hydrogen) atoms. The number of unbranched alkanes of at least 4 members (excludes halogenated alkanes) is 20. The summed E-state index contributed by atoms with van der Waals surface area (Å²) in [4.78, 5) is 24.4. The summed E-state index contributed by atoms with van der Waals surface area (Å²) < 4.78 is 10.6. The third-order valence-electron chi connectivity index (χ3n) is 11.3. The zero-order chi connectivity index (χ0) is 47.7. The van der Waals surface area contributed by atoms with Crippen molar-refractivity contribution < 1.29 is 24.2 Å². The van der Waals surface area contributed by atoms with E-state index in [2.05, 4.69) is 123 Å². The minimum atomic E-state index is -0.819. The predicted molar refractivity (Wildman–Crippen MR) is 288 cm³/mol. The molecule has 5 heteroatoms. The van der Waals surface area contributed by atoms with Crippen molar-refractivity contribution in [3.63, 3.8) is 0 Å². The third kappa shape index (κ3) is 52.9. The molecule has 0 aromatic carbocycles. The summed E-state index contributed by atoms with van der Waals surface area (Å²) in [6.07, 6.45) is 81.8. The van der Waals surface area contributed by atoms with E-state index in [1.54, 1.807) is 0 Å². The lowest BCUT2D eigenvalue weighted by molar-refractivity contribution is -0.161. The van der Waals surface area contributed by atoms with Gasteiger partial charge in [-0.05, 0) is 89.9 Å². The minimum absolute atomic E-state index is 0.101. The maximum atomic E-state index is 12.2. The average Bonchev–Trinajstić information content (AvgIpc) is 3.32. The van der Waals surface area contributed by atoms with Gasteiger partial charge < -0.3 is 14.6 Å². The molecule has 0 aromatic heterocycles. The first-order valence-electron chi connectivity index (χ1n) is 27.1. The molecule has 0 heterocycles. The van der Waals surface area contributed by atoms with Crippen LogP contribution < -0.4 is 0 Å². The van der Waals surface area contributed by atoms with Crippen molar-refractivity contribution in [2.24, 2.45) is 0 Å². The van der Waals surface area contributed by atoms with Gasteiger partial charge in [0.15, 0.2) is 6.10 Å². The molecule has 0 amide bonds. The number of hydrogen-bond donors (Lipinski definition) is 1. The van der Waals surface area contributed by atoms with Crippen LogP contribution in [0.15, 0.2) is 122 Å². The summed E-state index contributed by atoms with van der Waals surface area (Å²) in [7, 11) is 0. The van der Waals surface area contributed by atoms with Crippen molar-refractivity contribution in [1.82, 2.24) is 0 Å². The van der Waals surface area contributed by atoms with Crippen LogP contribution in [0.25, 0.3) is 0 Å². The topological polar surface area (TPSA) is 72.8 Å². The van der Waals surface area contributed by atoms with Gasteiger partial charge in [-0.15, -0.1) is 0 Å². The Bertz CT molecular complexity index is 1350. The lowest BCUT2D eigenvalue weighted by atomic mass is 10.0. The van der Waals surface area contributed by atoms with Crippen molar-refractivity contribution in [1.29, 1.82) is 0 Å². The summed E-state index contributed by atoms with van der Waals surface area (Å²) >= 11 is 0. The summed E-state index contributed by atoms with van der Waals surface area (Å²) in [6, 6.07) is 0. The number of ether oxygens (including phenoxy) is 2. The van der Waals surface area contributed by atoms with Gasteiger partial charge in [0.05, 0.1) is 6.61 Å². The van der Waals surface area contributed by atoms with Gasteiger partial charge in [0.1, 0.15) is 6.61 Å². The molecular formula is C61H100O5. The molecule has 0 fully saturated rings. The van der Waals surface area contributed by atoms with Crippen molar-refractivity contribution >= 4 is 11.9 Å². The first kappa shape index (κ1) is 62.3. The van der Waals surface area contributed by atoms with E-state index in [4.69, 9.17) is 9.47 Å². The Morgan fingerprint density at radius 1 is 0.348 bits per heavy atom. The van der Waals surface area contributed by atoms with Crippen LogP contribution in [-0.4, -0.2) is 36.4 Å². The molecule has 1 N–H and O–H groups in total. The van der Waals surface area contributed by atoms with Gasteiger partial charge >= 0.3 is 11.9 Å². The highest BCUT2D eigenvalue weighted by Crippen LogP contribution is 2.16. The number of hydrogen-bond acceptors (Lipinski definition) is 5. The molecule has 5 nitrogen and oxygen atoms in total. The van der Waals surface area contributed by atoms with Crippen LogP contribution in [-0.2, 0) is 19.1 Å². The first-order valence-corrected chi connectivity index (χ1v) is 27.1. The summed E-state index contributed by atoms with van der Waals surface area (Å²) in [5.74, 6) is -0.690. The smallest absolute Gasteiger partial charge is 0.306 e. The summed E-state index contributed by atoms with van der Waals surface area (Å²) in [6.45, 7) is 3.85. The van der Waals surface area contributed by atoms with E-state index >= 15 is 0 Å². The van der Waals surface area contributed by atoms with Gasteiger partial charge in [-0.2, -0.15) is 0 Å². The number of carbonyl (C=O) groups excluding carboxylic acids is 2. The second kappa shape index (κ2) is 55.6. The molecule has 1 atom stereocenters. The van der Waals surface area contributed by atoms with E-state index < -0.39 is 12.1 Å². The molecule has 0 bridgehead atoms. The number of esters is 2. The van der Waals surface area contributed by atoms with Crippen LogP contribution in [0.2, 0.25) is 0 Å².